The van der Waals surface area contributed by atoms with Gasteiger partial charge in [-0.3, -0.25) is 4.57 Å². The van der Waals surface area contributed by atoms with Gasteiger partial charge in [-0.2, -0.15) is 0 Å². The molecule has 0 fully saturated rings. The lowest BCUT2D eigenvalue weighted by atomic mass is 9.92. The van der Waals surface area contributed by atoms with Gasteiger partial charge in [0.15, 0.2) is 0 Å². The van der Waals surface area contributed by atoms with E-state index in [1.54, 1.807) is 0 Å². The summed E-state index contributed by atoms with van der Waals surface area (Å²) in [5, 5.41) is 15.5. The third-order valence-electron chi connectivity index (χ3n) is 11.1. The molecule has 1 aromatic heterocycles. The fraction of sp³-hybridized carbons (Fsp3) is 0.0200. The van der Waals surface area contributed by atoms with E-state index in [0.29, 0.717) is 0 Å². The molecular weight excluding hydrogens is 629 g/mol. The summed E-state index contributed by atoms with van der Waals surface area (Å²) >= 11 is 0. The minimum Gasteiger partial charge on any atom is -0.297 e. The van der Waals surface area contributed by atoms with Gasteiger partial charge in [0.05, 0.1) is 11.0 Å². The molecule has 0 bridgehead atoms. The first-order valence-corrected chi connectivity index (χ1v) is 18.0. The summed E-state index contributed by atoms with van der Waals surface area (Å²) in [6.07, 6.45) is 0. The Balaban J connectivity index is 0.977. The van der Waals surface area contributed by atoms with Gasteiger partial charge < -0.3 is 0 Å². The number of aromatic nitrogens is 2. The molecule has 1 heterocycles. The van der Waals surface area contributed by atoms with Gasteiger partial charge in [0.1, 0.15) is 5.82 Å². The van der Waals surface area contributed by atoms with Gasteiger partial charge in [-0.15, -0.1) is 0 Å². The lowest BCUT2D eigenvalue weighted by Gasteiger charge is -2.13. The molecule has 0 spiro atoms. The van der Waals surface area contributed by atoms with Crippen molar-refractivity contribution in [2.24, 2.45) is 0 Å². The lowest BCUT2D eigenvalue weighted by molar-refractivity contribution is 1.00. The Morgan fingerprint density at radius 1 is 0.327 bits per heavy atom. The molecule has 2 nitrogen and oxygen atoms in total. The Morgan fingerprint density at radius 2 is 0.673 bits per heavy atom. The second-order valence-corrected chi connectivity index (χ2v) is 13.9. The van der Waals surface area contributed by atoms with Gasteiger partial charge in [0.2, 0.25) is 0 Å². The van der Waals surface area contributed by atoms with E-state index >= 15 is 0 Å². The highest BCUT2D eigenvalue weighted by molar-refractivity contribution is 6.27. The highest BCUT2D eigenvalue weighted by Crippen LogP contribution is 2.39. The predicted octanol–water partition coefficient (Wildman–Crippen LogP) is 13.6. The fourth-order valence-corrected chi connectivity index (χ4v) is 8.68. The zero-order valence-corrected chi connectivity index (χ0v) is 28.6. The number of nitrogens with zero attached hydrogens (tertiary/aromatic N) is 2. The highest BCUT2D eigenvalue weighted by Gasteiger charge is 2.14. The molecule has 0 N–H and O–H groups in total. The molecule has 2 heteroatoms. The van der Waals surface area contributed by atoms with Crippen LogP contribution in [-0.2, 0) is 0 Å². The quantitative estimate of drug-likeness (QED) is 0.172. The largest absolute Gasteiger partial charge is 0.297 e. The molecule has 11 aromatic rings. The van der Waals surface area contributed by atoms with Crippen LogP contribution in [0.15, 0.2) is 176 Å². The van der Waals surface area contributed by atoms with Crippen molar-refractivity contribution < 1.29 is 0 Å². The molecule has 0 aliphatic rings. The minimum absolute atomic E-state index is 0.972. The zero-order chi connectivity index (χ0) is 34.3. The topological polar surface area (TPSA) is 17.8 Å². The zero-order valence-electron chi connectivity index (χ0n) is 28.6. The summed E-state index contributed by atoms with van der Waals surface area (Å²) < 4.78 is 2.27. The Hall–Kier alpha value is -6.77. The molecule has 0 saturated heterocycles. The molecular formula is C50H32N2. The van der Waals surface area contributed by atoms with Crippen LogP contribution in [0, 0.1) is 6.92 Å². The van der Waals surface area contributed by atoms with Crippen molar-refractivity contribution >= 4 is 75.7 Å². The second kappa shape index (κ2) is 11.1. The van der Waals surface area contributed by atoms with E-state index in [1.807, 2.05) is 0 Å². The monoisotopic (exact) mass is 660 g/mol. The average Bonchev–Trinajstić information content (AvgIpc) is 3.55. The number of benzene rings is 10. The number of imidazole rings is 1. The Labute approximate surface area is 300 Å². The lowest BCUT2D eigenvalue weighted by Crippen LogP contribution is -1.96. The maximum atomic E-state index is 5.06. The predicted molar refractivity (Wildman–Crippen MR) is 222 cm³/mol. The molecule has 0 amide bonds. The van der Waals surface area contributed by atoms with E-state index in [-0.39, 0.29) is 0 Å². The molecule has 52 heavy (non-hydrogen) atoms. The highest BCUT2D eigenvalue weighted by atomic mass is 15.1. The van der Waals surface area contributed by atoms with Crippen molar-refractivity contribution in [2.75, 3.05) is 0 Å². The summed E-state index contributed by atoms with van der Waals surface area (Å²) in [4.78, 5) is 5.06. The third kappa shape index (κ3) is 4.28. The summed E-state index contributed by atoms with van der Waals surface area (Å²) in [7, 11) is 0. The van der Waals surface area contributed by atoms with Crippen molar-refractivity contribution in [1.29, 1.82) is 0 Å². The second-order valence-electron chi connectivity index (χ2n) is 13.9. The van der Waals surface area contributed by atoms with E-state index in [0.717, 1.165) is 22.5 Å². The van der Waals surface area contributed by atoms with Crippen molar-refractivity contribution in [1.82, 2.24) is 9.55 Å². The van der Waals surface area contributed by atoms with Crippen LogP contribution in [0.4, 0.5) is 0 Å². The standard InChI is InChI=1S/C50H32N2/c1-31-51-49-30-35(34-21-26-46-42-15-5-3-11-38(42)40-13-7-9-17-44(40)48(46)29-34)22-27-50(49)52(31)36-23-18-32(19-24-36)33-20-25-45-41-14-4-2-10-37(41)39-12-6-8-16-43(39)47(45)28-33/h2-30H,1H3. The third-order valence-corrected chi connectivity index (χ3v) is 11.1. The van der Waals surface area contributed by atoms with Crippen LogP contribution in [0.2, 0.25) is 0 Å². The van der Waals surface area contributed by atoms with Crippen molar-refractivity contribution in [3.63, 3.8) is 0 Å². The van der Waals surface area contributed by atoms with Crippen LogP contribution in [0.1, 0.15) is 5.82 Å². The van der Waals surface area contributed by atoms with Crippen LogP contribution in [0.3, 0.4) is 0 Å². The normalized spacial score (nSPS) is 11.9. The van der Waals surface area contributed by atoms with E-state index in [9.17, 15) is 0 Å². The number of aryl methyl sites for hydroxylation is 1. The molecule has 0 aliphatic heterocycles. The summed E-state index contributed by atoms with van der Waals surface area (Å²) in [6.45, 7) is 2.10. The number of fused-ring (bicyclic) bond motifs is 13. The molecule has 242 valence electrons. The molecule has 0 saturated carbocycles. The van der Waals surface area contributed by atoms with E-state index in [2.05, 4.69) is 187 Å². The van der Waals surface area contributed by atoms with Gasteiger partial charge in [0.25, 0.3) is 0 Å². The minimum atomic E-state index is 0.972. The average molecular weight is 661 g/mol. The van der Waals surface area contributed by atoms with Gasteiger partial charge in [-0.1, -0.05) is 140 Å². The van der Waals surface area contributed by atoms with Crippen LogP contribution in [0.5, 0.6) is 0 Å². The first-order chi connectivity index (χ1) is 25.7. The van der Waals surface area contributed by atoms with E-state index in [4.69, 9.17) is 4.98 Å². The summed E-state index contributed by atoms with van der Waals surface area (Å²) in [5.41, 5.74) is 7.99. The Kier molecular flexibility index (Phi) is 6.20. The van der Waals surface area contributed by atoms with Crippen LogP contribution < -0.4 is 0 Å². The van der Waals surface area contributed by atoms with Crippen molar-refractivity contribution in [2.45, 2.75) is 6.92 Å². The number of rotatable bonds is 3. The fourth-order valence-electron chi connectivity index (χ4n) is 8.68. The van der Waals surface area contributed by atoms with E-state index < -0.39 is 0 Å². The van der Waals surface area contributed by atoms with Crippen LogP contribution in [-0.4, -0.2) is 9.55 Å². The number of hydrogen-bond acceptors (Lipinski definition) is 1. The Morgan fingerprint density at radius 3 is 1.13 bits per heavy atom. The summed E-state index contributed by atoms with van der Waals surface area (Å²) in [6, 6.07) is 64.4. The smallest absolute Gasteiger partial charge is 0.111 e. The van der Waals surface area contributed by atoms with Gasteiger partial charge in [-0.25, -0.2) is 4.98 Å². The first kappa shape index (κ1) is 29.0. The van der Waals surface area contributed by atoms with Crippen LogP contribution in [0.25, 0.3) is 104 Å². The van der Waals surface area contributed by atoms with Gasteiger partial charge in [0, 0.05) is 5.69 Å². The first-order valence-electron chi connectivity index (χ1n) is 18.0. The molecule has 11 rings (SSSR count). The molecule has 0 unspecified atom stereocenters. The molecule has 10 aromatic carbocycles. The van der Waals surface area contributed by atoms with Gasteiger partial charge >= 0.3 is 0 Å². The van der Waals surface area contributed by atoms with Crippen molar-refractivity contribution in [3.8, 4) is 27.9 Å². The maximum Gasteiger partial charge on any atom is 0.111 e. The molecule has 0 radical (unpaired) electrons. The molecule has 0 atom stereocenters. The SMILES string of the molecule is Cc1nc2cc(-c3ccc4c5ccccc5c5ccccc5c4c3)ccc2n1-c1ccc(-c2ccc3c4ccccc4c4ccccc4c3c2)cc1. The molecule has 0 aliphatic carbocycles. The summed E-state index contributed by atoms with van der Waals surface area (Å²) in [5.74, 6) is 0.972. The van der Waals surface area contributed by atoms with Crippen molar-refractivity contribution in [3.05, 3.63) is 182 Å². The Bertz CT molecular complexity index is 3170. The maximum absolute atomic E-state index is 5.06. The number of hydrogen-bond donors (Lipinski definition) is 0. The van der Waals surface area contributed by atoms with Crippen LogP contribution >= 0.6 is 0 Å². The van der Waals surface area contributed by atoms with E-state index in [1.165, 1.54) is 86.9 Å². The van der Waals surface area contributed by atoms with Gasteiger partial charge in [-0.05, 0) is 130 Å².